The van der Waals surface area contributed by atoms with Gasteiger partial charge in [0, 0.05) is 43.5 Å². The standard InChI is InChI=1S/C22H30N4O2/c1-17(2)9-14-28-20-6-4-3-5-19(20)15-25-22(27)18-7-12-26(13-8-18)21-16-23-10-11-24-21/h3-6,10-11,16-18H,7-9,12-15H2,1-2H3,(H,25,27). The van der Waals surface area contributed by atoms with Crippen molar-refractivity contribution < 1.29 is 9.53 Å². The summed E-state index contributed by atoms with van der Waals surface area (Å²) in [5, 5.41) is 3.10. The summed E-state index contributed by atoms with van der Waals surface area (Å²) in [5.41, 5.74) is 1.02. The van der Waals surface area contributed by atoms with Crippen LogP contribution in [0.4, 0.5) is 5.82 Å². The third-order valence-corrected chi connectivity index (χ3v) is 5.12. The van der Waals surface area contributed by atoms with Crippen molar-refractivity contribution in [2.24, 2.45) is 11.8 Å². The first kappa shape index (κ1) is 20.1. The number of nitrogens with one attached hydrogen (secondary N) is 1. The van der Waals surface area contributed by atoms with Gasteiger partial charge in [-0.2, -0.15) is 0 Å². The van der Waals surface area contributed by atoms with Gasteiger partial charge < -0.3 is 15.0 Å². The molecule has 1 fully saturated rings. The number of piperidine rings is 1. The number of nitrogens with zero attached hydrogens (tertiary/aromatic N) is 3. The maximum absolute atomic E-state index is 12.6. The molecule has 0 saturated carbocycles. The Morgan fingerprint density at radius 3 is 2.75 bits per heavy atom. The highest BCUT2D eigenvalue weighted by atomic mass is 16.5. The van der Waals surface area contributed by atoms with Gasteiger partial charge >= 0.3 is 0 Å². The highest BCUT2D eigenvalue weighted by molar-refractivity contribution is 5.79. The molecule has 6 heteroatoms. The van der Waals surface area contributed by atoms with Crippen LogP contribution < -0.4 is 15.0 Å². The van der Waals surface area contributed by atoms with Crippen molar-refractivity contribution in [2.75, 3.05) is 24.6 Å². The van der Waals surface area contributed by atoms with Gasteiger partial charge in [0.05, 0.1) is 12.8 Å². The van der Waals surface area contributed by atoms with Crippen molar-refractivity contribution in [3.63, 3.8) is 0 Å². The maximum atomic E-state index is 12.6. The number of anilines is 1. The third kappa shape index (κ3) is 5.68. The van der Waals surface area contributed by atoms with Crippen molar-refractivity contribution >= 4 is 11.7 Å². The minimum atomic E-state index is 0.0435. The summed E-state index contributed by atoms with van der Waals surface area (Å²) in [6, 6.07) is 7.94. The van der Waals surface area contributed by atoms with Gasteiger partial charge in [0.25, 0.3) is 0 Å². The van der Waals surface area contributed by atoms with E-state index in [4.69, 9.17) is 4.74 Å². The van der Waals surface area contributed by atoms with Gasteiger partial charge in [0.1, 0.15) is 11.6 Å². The van der Waals surface area contributed by atoms with E-state index in [9.17, 15) is 4.79 Å². The molecule has 0 atom stereocenters. The van der Waals surface area contributed by atoms with Crippen LogP contribution in [0.2, 0.25) is 0 Å². The van der Waals surface area contributed by atoms with E-state index in [1.54, 1.807) is 18.6 Å². The van der Waals surface area contributed by atoms with E-state index in [1.165, 1.54) is 0 Å². The van der Waals surface area contributed by atoms with E-state index in [0.29, 0.717) is 19.1 Å². The first-order chi connectivity index (χ1) is 13.6. The van der Waals surface area contributed by atoms with E-state index in [2.05, 4.69) is 34.0 Å². The number of rotatable bonds is 8. The number of carbonyl (C=O) groups is 1. The fraction of sp³-hybridized carbons (Fsp3) is 0.500. The molecule has 0 aliphatic carbocycles. The molecule has 2 heterocycles. The second-order valence-corrected chi connectivity index (χ2v) is 7.68. The summed E-state index contributed by atoms with van der Waals surface area (Å²) in [4.78, 5) is 23.3. The highest BCUT2D eigenvalue weighted by Gasteiger charge is 2.25. The molecular formula is C22H30N4O2. The largest absolute Gasteiger partial charge is 0.493 e. The number of para-hydroxylation sites is 1. The second-order valence-electron chi connectivity index (χ2n) is 7.68. The van der Waals surface area contributed by atoms with Gasteiger partial charge in [-0.1, -0.05) is 32.0 Å². The summed E-state index contributed by atoms with van der Waals surface area (Å²) < 4.78 is 5.92. The minimum absolute atomic E-state index is 0.0435. The van der Waals surface area contributed by atoms with Gasteiger partial charge in [-0.05, 0) is 31.2 Å². The van der Waals surface area contributed by atoms with Crippen LogP contribution in [0.1, 0.15) is 38.7 Å². The van der Waals surface area contributed by atoms with Crippen LogP contribution in [0.5, 0.6) is 5.75 Å². The van der Waals surface area contributed by atoms with Gasteiger partial charge in [-0.3, -0.25) is 9.78 Å². The number of benzene rings is 1. The van der Waals surface area contributed by atoms with Gasteiger partial charge in [-0.25, -0.2) is 4.98 Å². The quantitative estimate of drug-likeness (QED) is 0.758. The molecule has 0 radical (unpaired) electrons. The molecule has 1 amide bonds. The van der Waals surface area contributed by atoms with Gasteiger partial charge in [0.2, 0.25) is 5.91 Å². The number of carbonyl (C=O) groups excluding carboxylic acids is 1. The zero-order valence-electron chi connectivity index (χ0n) is 16.8. The Morgan fingerprint density at radius 1 is 1.25 bits per heavy atom. The minimum Gasteiger partial charge on any atom is -0.493 e. The Hall–Kier alpha value is -2.63. The average Bonchev–Trinajstić information content (AvgIpc) is 2.73. The lowest BCUT2D eigenvalue weighted by atomic mass is 9.96. The van der Waals surface area contributed by atoms with Crippen molar-refractivity contribution in [1.29, 1.82) is 0 Å². The topological polar surface area (TPSA) is 67.3 Å². The average molecular weight is 383 g/mol. The Labute approximate surface area is 167 Å². The lowest BCUT2D eigenvalue weighted by Gasteiger charge is -2.31. The Balaban J connectivity index is 1.47. The van der Waals surface area contributed by atoms with Gasteiger partial charge in [-0.15, -0.1) is 0 Å². The molecule has 150 valence electrons. The third-order valence-electron chi connectivity index (χ3n) is 5.12. The van der Waals surface area contributed by atoms with E-state index < -0.39 is 0 Å². The van der Waals surface area contributed by atoms with Crippen LogP contribution in [0.3, 0.4) is 0 Å². The van der Waals surface area contributed by atoms with E-state index in [-0.39, 0.29) is 11.8 Å². The van der Waals surface area contributed by atoms with Crippen molar-refractivity contribution in [3.8, 4) is 5.75 Å². The predicted molar refractivity (Wildman–Crippen MR) is 110 cm³/mol. The summed E-state index contributed by atoms with van der Waals surface area (Å²) in [7, 11) is 0. The molecule has 0 unspecified atom stereocenters. The molecule has 28 heavy (non-hydrogen) atoms. The summed E-state index contributed by atoms with van der Waals surface area (Å²) in [5.74, 6) is 2.52. The predicted octanol–water partition coefficient (Wildman–Crippen LogP) is 3.43. The number of amides is 1. The van der Waals surface area contributed by atoms with E-state index in [1.807, 2.05) is 24.3 Å². The number of hydrogen-bond donors (Lipinski definition) is 1. The smallest absolute Gasteiger partial charge is 0.223 e. The van der Waals surface area contributed by atoms with Crippen LogP contribution in [0.25, 0.3) is 0 Å². The maximum Gasteiger partial charge on any atom is 0.223 e. The molecule has 1 aromatic heterocycles. The van der Waals surface area contributed by atoms with Crippen molar-refractivity contribution in [3.05, 3.63) is 48.4 Å². The molecule has 3 rings (SSSR count). The number of ether oxygens (including phenoxy) is 1. The molecule has 1 N–H and O–H groups in total. The van der Waals surface area contributed by atoms with E-state index in [0.717, 1.165) is 49.5 Å². The van der Waals surface area contributed by atoms with Gasteiger partial charge in [0.15, 0.2) is 0 Å². The molecule has 1 aliphatic heterocycles. The molecule has 1 aromatic carbocycles. The first-order valence-corrected chi connectivity index (χ1v) is 10.1. The zero-order valence-corrected chi connectivity index (χ0v) is 16.8. The fourth-order valence-corrected chi connectivity index (χ4v) is 3.35. The molecule has 6 nitrogen and oxygen atoms in total. The van der Waals surface area contributed by atoms with E-state index >= 15 is 0 Å². The zero-order chi connectivity index (χ0) is 19.8. The lowest BCUT2D eigenvalue weighted by molar-refractivity contribution is -0.125. The second kappa shape index (κ2) is 10.1. The molecule has 0 spiro atoms. The molecule has 0 bridgehead atoms. The van der Waals surface area contributed by atoms with Crippen molar-refractivity contribution in [1.82, 2.24) is 15.3 Å². The fourth-order valence-electron chi connectivity index (χ4n) is 3.35. The Kier molecular flexibility index (Phi) is 7.23. The van der Waals surface area contributed by atoms with Crippen molar-refractivity contribution in [2.45, 2.75) is 39.7 Å². The number of hydrogen-bond acceptors (Lipinski definition) is 5. The van der Waals surface area contributed by atoms with Crippen LogP contribution in [-0.4, -0.2) is 35.6 Å². The SMILES string of the molecule is CC(C)CCOc1ccccc1CNC(=O)C1CCN(c2cnccn2)CC1. The summed E-state index contributed by atoms with van der Waals surface area (Å²) >= 11 is 0. The molecule has 1 saturated heterocycles. The Morgan fingerprint density at radius 2 is 2.04 bits per heavy atom. The number of aromatic nitrogens is 2. The normalized spacial score (nSPS) is 14.9. The molecule has 2 aromatic rings. The molecular weight excluding hydrogens is 352 g/mol. The van der Waals surface area contributed by atoms with Crippen LogP contribution in [0, 0.1) is 11.8 Å². The highest BCUT2D eigenvalue weighted by Crippen LogP contribution is 2.22. The lowest BCUT2D eigenvalue weighted by Crippen LogP contribution is -2.40. The Bertz CT molecular complexity index is 743. The van der Waals surface area contributed by atoms with Crippen LogP contribution in [-0.2, 0) is 11.3 Å². The van der Waals surface area contributed by atoms with Crippen LogP contribution in [0.15, 0.2) is 42.9 Å². The summed E-state index contributed by atoms with van der Waals surface area (Å²) in [6.45, 7) is 7.22. The monoisotopic (exact) mass is 382 g/mol. The van der Waals surface area contributed by atoms with Crippen LogP contribution >= 0.6 is 0 Å². The molecule has 1 aliphatic rings. The first-order valence-electron chi connectivity index (χ1n) is 10.1. The summed E-state index contributed by atoms with van der Waals surface area (Å²) in [6.07, 6.45) is 7.83.